The Morgan fingerprint density at radius 3 is 1.82 bits per heavy atom. The van der Waals surface area contributed by atoms with Gasteiger partial charge in [-0.3, -0.25) is 24.1 Å². The minimum absolute atomic E-state index is 0.0459. The van der Waals surface area contributed by atoms with Gasteiger partial charge in [-0.05, 0) is 12.1 Å². The van der Waals surface area contributed by atoms with Gasteiger partial charge >= 0.3 is 0 Å². The smallest absolute Gasteiger partial charge is 0.261 e. The van der Waals surface area contributed by atoms with Crippen molar-refractivity contribution in [1.82, 2.24) is 10.2 Å². The van der Waals surface area contributed by atoms with E-state index in [1.807, 2.05) is 0 Å². The van der Waals surface area contributed by atoms with Gasteiger partial charge < -0.3 is 29.0 Å². The van der Waals surface area contributed by atoms with Crippen molar-refractivity contribution < 1.29 is 42.9 Å². The van der Waals surface area contributed by atoms with E-state index < -0.39 is 17.7 Å². The molecule has 0 radical (unpaired) electrons. The predicted octanol–water partition coefficient (Wildman–Crippen LogP) is 0.168. The molecule has 11 heteroatoms. The normalized spacial score (nSPS) is 12.8. The summed E-state index contributed by atoms with van der Waals surface area (Å²) in [7, 11) is 3.03. The number of amides is 3. The van der Waals surface area contributed by atoms with Gasteiger partial charge in [-0.2, -0.15) is 0 Å². The SMILES string of the molecule is CNC(=O)c1cc2c(cc1C=O)C(=O)N(CCOCCOCCOCCOCCOC)C2=O. The highest BCUT2D eigenvalue weighted by atomic mass is 16.6. The Labute approximate surface area is 192 Å². The number of carbonyl (C=O) groups is 4. The van der Waals surface area contributed by atoms with Crippen molar-refractivity contribution in [3.63, 3.8) is 0 Å². The first-order valence-corrected chi connectivity index (χ1v) is 10.6. The van der Waals surface area contributed by atoms with Crippen molar-refractivity contribution in [3.8, 4) is 0 Å². The molecule has 1 N–H and O–H groups in total. The number of methoxy groups -OCH3 is 1. The standard InChI is InChI=1S/C22H30N2O9/c1-23-20(26)17-14-19-18(13-16(17)15-25)21(27)24(22(19)28)3-4-30-7-8-32-11-12-33-10-9-31-6-5-29-2/h13-15H,3-12H2,1-2H3,(H,23,26). The Hall–Kier alpha value is -2.70. The van der Waals surface area contributed by atoms with Crippen LogP contribution in [0.4, 0.5) is 0 Å². The van der Waals surface area contributed by atoms with Crippen molar-refractivity contribution in [2.24, 2.45) is 0 Å². The zero-order valence-electron chi connectivity index (χ0n) is 18.9. The molecule has 0 unspecified atom stereocenters. The quantitative estimate of drug-likeness (QED) is 0.194. The van der Waals surface area contributed by atoms with Gasteiger partial charge in [-0.25, -0.2) is 0 Å². The number of carbonyl (C=O) groups excluding carboxylic acids is 4. The van der Waals surface area contributed by atoms with Gasteiger partial charge in [0, 0.05) is 19.7 Å². The number of benzene rings is 1. The van der Waals surface area contributed by atoms with Crippen molar-refractivity contribution in [2.75, 3.05) is 80.2 Å². The fourth-order valence-electron chi connectivity index (χ4n) is 3.05. The van der Waals surface area contributed by atoms with Gasteiger partial charge in [0.1, 0.15) is 0 Å². The van der Waals surface area contributed by atoms with E-state index in [2.05, 4.69) is 5.32 Å². The number of hydrogen-bond acceptors (Lipinski definition) is 9. The predicted molar refractivity (Wildman–Crippen MR) is 116 cm³/mol. The Morgan fingerprint density at radius 2 is 1.33 bits per heavy atom. The number of aldehydes is 1. The Morgan fingerprint density at radius 1 is 0.848 bits per heavy atom. The number of fused-ring (bicyclic) bond motifs is 1. The van der Waals surface area contributed by atoms with Crippen LogP contribution in [0.15, 0.2) is 12.1 Å². The molecule has 11 nitrogen and oxygen atoms in total. The molecule has 1 aliphatic rings. The van der Waals surface area contributed by atoms with Crippen molar-refractivity contribution in [1.29, 1.82) is 0 Å². The Balaban J connectivity index is 1.65. The summed E-state index contributed by atoms with van der Waals surface area (Å²) in [5.41, 5.74) is 0.288. The van der Waals surface area contributed by atoms with Gasteiger partial charge in [0.05, 0.1) is 82.7 Å². The molecule has 0 fully saturated rings. The fourth-order valence-corrected chi connectivity index (χ4v) is 3.05. The molecule has 0 saturated carbocycles. The van der Waals surface area contributed by atoms with Crippen LogP contribution in [0.1, 0.15) is 41.4 Å². The molecule has 1 aromatic rings. The summed E-state index contributed by atoms with van der Waals surface area (Å²) < 4.78 is 26.3. The molecule has 1 aromatic carbocycles. The molecule has 33 heavy (non-hydrogen) atoms. The number of imide groups is 1. The molecule has 0 aliphatic carbocycles. The zero-order chi connectivity index (χ0) is 24.1. The van der Waals surface area contributed by atoms with E-state index in [0.717, 1.165) is 4.90 Å². The third-order valence-electron chi connectivity index (χ3n) is 4.75. The van der Waals surface area contributed by atoms with E-state index in [0.29, 0.717) is 59.1 Å². The zero-order valence-corrected chi connectivity index (χ0v) is 18.9. The van der Waals surface area contributed by atoms with E-state index in [4.69, 9.17) is 23.7 Å². The molecular formula is C22H30N2O9. The molecule has 0 atom stereocenters. The summed E-state index contributed by atoms with van der Waals surface area (Å²) in [4.78, 5) is 49.5. The van der Waals surface area contributed by atoms with Crippen LogP contribution in [-0.2, 0) is 23.7 Å². The van der Waals surface area contributed by atoms with Gasteiger partial charge in [-0.15, -0.1) is 0 Å². The summed E-state index contributed by atoms with van der Waals surface area (Å²) in [6.45, 7) is 3.71. The first-order valence-electron chi connectivity index (χ1n) is 10.6. The summed E-state index contributed by atoms with van der Waals surface area (Å²) in [5.74, 6) is -1.56. The molecule has 2 rings (SSSR count). The highest BCUT2D eigenvalue weighted by Gasteiger charge is 2.36. The molecule has 0 spiro atoms. The summed E-state index contributed by atoms with van der Waals surface area (Å²) in [5, 5.41) is 2.41. The Bertz CT molecular complexity index is 828. The highest BCUT2D eigenvalue weighted by Crippen LogP contribution is 2.26. The lowest BCUT2D eigenvalue weighted by Gasteiger charge is -2.13. The number of nitrogens with one attached hydrogen (secondary N) is 1. The lowest BCUT2D eigenvalue weighted by atomic mass is 9.99. The third-order valence-corrected chi connectivity index (χ3v) is 4.75. The van der Waals surface area contributed by atoms with Gasteiger partial charge in [-0.1, -0.05) is 0 Å². The van der Waals surface area contributed by atoms with Gasteiger partial charge in [0.15, 0.2) is 6.29 Å². The molecule has 0 aromatic heterocycles. The maximum atomic E-state index is 12.6. The van der Waals surface area contributed by atoms with E-state index >= 15 is 0 Å². The van der Waals surface area contributed by atoms with Crippen LogP contribution < -0.4 is 5.32 Å². The van der Waals surface area contributed by atoms with E-state index in [1.165, 1.54) is 19.2 Å². The van der Waals surface area contributed by atoms with Crippen LogP contribution in [-0.4, -0.2) is 109 Å². The minimum Gasteiger partial charge on any atom is -0.382 e. The maximum Gasteiger partial charge on any atom is 0.261 e. The monoisotopic (exact) mass is 466 g/mol. The molecule has 0 saturated heterocycles. The summed E-state index contributed by atoms with van der Waals surface area (Å²) in [6.07, 6.45) is 0.482. The second-order valence-electron chi connectivity index (χ2n) is 6.89. The Kier molecular flexibility index (Phi) is 11.6. The largest absolute Gasteiger partial charge is 0.382 e. The third kappa shape index (κ3) is 7.69. The molecule has 182 valence electrons. The highest BCUT2D eigenvalue weighted by molar-refractivity contribution is 6.22. The topological polar surface area (TPSA) is 130 Å². The number of ether oxygens (including phenoxy) is 5. The van der Waals surface area contributed by atoms with Crippen LogP contribution in [0.25, 0.3) is 0 Å². The van der Waals surface area contributed by atoms with E-state index in [-0.39, 0.29) is 35.4 Å². The second-order valence-corrected chi connectivity index (χ2v) is 6.89. The summed E-state index contributed by atoms with van der Waals surface area (Å²) in [6, 6.07) is 2.55. The average molecular weight is 466 g/mol. The minimum atomic E-state index is -0.527. The fraction of sp³-hybridized carbons (Fsp3) is 0.545. The number of hydrogen-bond donors (Lipinski definition) is 1. The van der Waals surface area contributed by atoms with Crippen LogP contribution in [0.2, 0.25) is 0 Å². The van der Waals surface area contributed by atoms with Gasteiger partial charge in [0.25, 0.3) is 17.7 Å². The van der Waals surface area contributed by atoms with Crippen LogP contribution in [0, 0.1) is 0 Å². The van der Waals surface area contributed by atoms with Crippen molar-refractivity contribution in [2.45, 2.75) is 0 Å². The van der Waals surface area contributed by atoms with E-state index in [1.54, 1.807) is 7.11 Å². The molecule has 3 amide bonds. The maximum absolute atomic E-state index is 12.6. The number of nitrogens with zero attached hydrogens (tertiary/aromatic N) is 1. The lowest BCUT2D eigenvalue weighted by molar-refractivity contribution is -0.00872. The van der Waals surface area contributed by atoms with E-state index in [9.17, 15) is 19.2 Å². The van der Waals surface area contributed by atoms with Crippen LogP contribution in [0.5, 0.6) is 0 Å². The van der Waals surface area contributed by atoms with Gasteiger partial charge in [0.2, 0.25) is 0 Å². The second kappa shape index (κ2) is 14.4. The van der Waals surface area contributed by atoms with Crippen molar-refractivity contribution in [3.05, 3.63) is 34.4 Å². The first kappa shape index (κ1) is 26.6. The summed E-state index contributed by atoms with van der Waals surface area (Å²) >= 11 is 0. The molecular weight excluding hydrogens is 436 g/mol. The first-order chi connectivity index (χ1) is 16.0. The van der Waals surface area contributed by atoms with Crippen molar-refractivity contribution >= 4 is 24.0 Å². The van der Waals surface area contributed by atoms with Crippen LogP contribution in [0.3, 0.4) is 0 Å². The average Bonchev–Trinajstić information content (AvgIpc) is 3.06. The molecule has 1 aliphatic heterocycles. The number of rotatable bonds is 17. The molecule has 0 bridgehead atoms. The molecule has 1 heterocycles. The lowest BCUT2D eigenvalue weighted by Crippen LogP contribution is -2.33. The van der Waals surface area contributed by atoms with Crippen LogP contribution >= 0.6 is 0 Å².